The van der Waals surface area contributed by atoms with E-state index < -0.39 is 23.8 Å². The van der Waals surface area contributed by atoms with Gasteiger partial charge in [0.25, 0.3) is 11.8 Å². The summed E-state index contributed by atoms with van der Waals surface area (Å²) in [6.45, 7) is 0. The van der Waals surface area contributed by atoms with Gasteiger partial charge in [-0.2, -0.15) is 0 Å². The van der Waals surface area contributed by atoms with Crippen LogP contribution in [0.25, 0.3) is 6.08 Å². The first kappa shape index (κ1) is 20.7. The Labute approximate surface area is 191 Å². The number of urea groups is 1. The molecule has 164 valence electrons. The lowest BCUT2D eigenvalue weighted by Crippen LogP contribution is -2.58. The molecule has 5 rings (SSSR count). The first-order valence-electron chi connectivity index (χ1n) is 10.4. The summed E-state index contributed by atoms with van der Waals surface area (Å²) in [7, 11) is 0. The van der Waals surface area contributed by atoms with Gasteiger partial charge in [0.2, 0.25) is 5.76 Å². The average Bonchev–Trinajstić information content (AvgIpc) is 3.51. The van der Waals surface area contributed by atoms with Gasteiger partial charge in [-0.3, -0.25) is 19.8 Å². The Morgan fingerprint density at radius 3 is 2.72 bits per heavy atom. The second kappa shape index (κ2) is 8.05. The number of amides is 4. The van der Waals surface area contributed by atoms with E-state index in [4.69, 9.17) is 9.15 Å². The van der Waals surface area contributed by atoms with Crippen LogP contribution >= 0.6 is 15.9 Å². The summed E-state index contributed by atoms with van der Waals surface area (Å²) in [5.74, 6) is -1.15. The van der Waals surface area contributed by atoms with E-state index in [-0.39, 0.29) is 29.0 Å². The maximum absolute atomic E-state index is 13.3. The highest BCUT2D eigenvalue weighted by atomic mass is 79.9. The average molecular weight is 499 g/mol. The van der Waals surface area contributed by atoms with Crippen LogP contribution in [0.5, 0.6) is 5.75 Å². The van der Waals surface area contributed by atoms with Crippen LogP contribution in [0.2, 0.25) is 0 Å². The van der Waals surface area contributed by atoms with Gasteiger partial charge in [0, 0.05) is 16.1 Å². The summed E-state index contributed by atoms with van der Waals surface area (Å²) in [6.07, 6.45) is 6.58. The SMILES string of the molecule is O=C1NC(=O)N([C@H]2C[C@H]3CC[C@H]2C3)C(=O)/C1=C\c1cc(Br)ccc1OC(=O)c1ccco1. The lowest BCUT2D eigenvalue weighted by Gasteiger charge is -2.35. The van der Waals surface area contributed by atoms with E-state index in [0.29, 0.717) is 16.0 Å². The van der Waals surface area contributed by atoms with Crippen molar-refractivity contribution in [3.05, 3.63) is 58.0 Å². The molecule has 0 spiro atoms. The molecule has 3 atom stereocenters. The Hall–Kier alpha value is -3.20. The molecule has 9 heteroatoms. The van der Waals surface area contributed by atoms with Crippen LogP contribution in [0, 0.1) is 11.8 Å². The highest BCUT2D eigenvalue weighted by Crippen LogP contribution is 2.47. The molecule has 0 unspecified atom stereocenters. The maximum atomic E-state index is 13.3. The first-order chi connectivity index (χ1) is 15.4. The Balaban J connectivity index is 1.47. The maximum Gasteiger partial charge on any atom is 0.379 e. The number of hydrogen-bond acceptors (Lipinski definition) is 6. The molecule has 0 radical (unpaired) electrons. The van der Waals surface area contributed by atoms with Crippen LogP contribution in [-0.2, 0) is 9.59 Å². The number of hydrogen-bond donors (Lipinski definition) is 1. The number of furan rings is 1. The Kier molecular flexibility index (Phi) is 5.21. The summed E-state index contributed by atoms with van der Waals surface area (Å²) in [5.41, 5.74) is 0.154. The minimum atomic E-state index is -0.775. The monoisotopic (exact) mass is 498 g/mol. The van der Waals surface area contributed by atoms with E-state index >= 15 is 0 Å². The molecular weight excluding hydrogens is 480 g/mol. The van der Waals surface area contributed by atoms with Gasteiger partial charge >= 0.3 is 12.0 Å². The van der Waals surface area contributed by atoms with E-state index in [1.807, 2.05) is 0 Å². The molecule has 3 fully saturated rings. The number of barbiturate groups is 1. The Morgan fingerprint density at radius 2 is 2.03 bits per heavy atom. The second-order valence-electron chi connectivity index (χ2n) is 8.28. The number of carbonyl (C=O) groups is 4. The predicted octanol–water partition coefficient (Wildman–Crippen LogP) is 3.91. The summed E-state index contributed by atoms with van der Waals surface area (Å²) >= 11 is 3.36. The quantitative estimate of drug-likeness (QED) is 0.296. The van der Waals surface area contributed by atoms with E-state index in [9.17, 15) is 19.2 Å². The highest BCUT2D eigenvalue weighted by molar-refractivity contribution is 9.10. The molecule has 1 aromatic carbocycles. The van der Waals surface area contributed by atoms with Crippen molar-refractivity contribution in [2.75, 3.05) is 0 Å². The zero-order chi connectivity index (χ0) is 22.4. The number of benzene rings is 1. The number of esters is 1. The van der Waals surface area contributed by atoms with Crippen molar-refractivity contribution in [2.45, 2.75) is 31.7 Å². The zero-order valence-corrected chi connectivity index (χ0v) is 18.5. The molecule has 1 saturated heterocycles. The molecule has 2 aromatic rings. The normalized spacial score (nSPS) is 26.0. The standard InChI is InChI=1S/C23H19BrN2O6/c24-15-5-6-18(32-22(29)19-2-1-7-31-19)14(10-15)11-16-20(27)25-23(30)26(21(16)28)17-9-12-3-4-13(17)8-12/h1-2,5-7,10-13,17H,3-4,8-9H2,(H,25,27,30)/b16-11-/t12-,13-,17-/m0/s1. The zero-order valence-electron chi connectivity index (χ0n) is 16.9. The Bertz CT molecular complexity index is 1160. The molecule has 2 saturated carbocycles. The number of nitrogens with one attached hydrogen (secondary N) is 1. The molecule has 1 aromatic heterocycles. The predicted molar refractivity (Wildman–Crippen MR) is 115 cm³/mol. The summed E-state index contributed by atoms with van der Waals surface area (Å²) in [6, 6.07) is 6.99. The molecular formula is C23H19BrN2O6. The van der Waals surface area contributed by atoms with Gasteiger partial charge in [-0.05, 0) is 67.5 Å². The Morgan fingerprint density at radius 1 is 1.19 bits per heavy atom. The summed E-state index contributed by atoms with van der Waals surface area (Å²) in [4.78, 5) is 51.9. The molecule has 1 aliphatic heterocycles. The van der Waals surface area contributed by atoms with Gasteiger partial charge < -0.3 is 9.15 Å². The van der Waals surface area contributed by atoms with Crippen molar-refractivity contribution >= 4 is 45.8 Å². The number of fused-ring (bicyclic) bond motifs is 2. The van der Waals surface area contributed by atoms with Crippen LogP contribution < -0.4 is 10.1 Å². The number of ether oxygens (including phenoxy) is 1. The van der Waals surface area contributed by atoms with Gasteiger partial charge in [0.15, 0.2) is 0 Å². The van der Waals surface area contributed by atoms with Crippen molar-refractivity contribution in [3.63, 3.8) is 0 Å². The number of halogens is 1. The number of imide groups is 2. The van der Waals surface area contributed by atoms with Crippen LogP contribution in [0.15, 0.2) is 51.1 Å². The lowest BCUT2D eigenvalue weighted by atomic mass is 9.93. The van der Waals surface area contributed by atoms with E-state index in [1.54, 1.807) is 24.3 Å². The number of nitrogens with zero attached hydrogens (tertiary/aromatic N) is 1. The fraction of sp³-hybridized carbons (Fsp3) is 0.304. The van der Waals surface area contributed by atoms with E-state index in [2.05, 4.69) is 21.2 Å². The van der Waals surface area contributed by atoms with Crippen molar-refractivity contribution in [2.24, 2.45) is 11.8 Å². The first-order valence-corrected chi connectivity index (χ1v) is 11.2. The fourth-order valence-corrected chi connectivity index (χ4v) is 5.30. The molecule has 4 amide bonds. The molecule has 8 nitrogen and oxygen atoms in total. The van der Waals surface area contributed by atoms with Crippen LogP contribution in [0.1, 0.15) is 41.8 Å². The van der Waals surface area contributed by atoms with Crippen molar-refractivity contribution in [1.82, 2.24) is 10.2 Å². The van der Waals surface area contributed by atoms with Gasteiger partial charge in [-0.1, -0.05) is 22.4 Å². The van der Waals surface area contributed by atoms with Crippen molar-refractivity contribution in [1.29, 1.82) is 0 Å². The molecule has 2 aliphatic carbocycles. The molecule has 32 heavy (non-hydrogen) atoms. The van der Waals surface area contributed by atoms with Gasteiger partial charge in [-0.25, -0.2) is 9.59 Å². The topological polar surface area (TPSA) is 106 Å². The molecule has 3 aliphatic rings. The minimum absolute atomic E-state index is 0.0195. The minimum Gasteiger partial charge on any atom is -0.457 e. The number of rotatable bonds is 4. The van der Waals surface area contributed by atoms with Gasteiger partial charge in [0.1, 0.15) is 11.3 Å². The van der Waals surface area contributed by atoms with Gasteiger partial charge in [-0.15, -0.1) is 0 Å². The van der Waals surface area contributed by atoms with Crippen LogP contribution in [-0.4, -0.2) is 34.8 Å². The van der Waals surface area contributed by atoms with Crippen molar-refractivity contribution < 1.29 is 28.3 Å². The van der Waals surface area contributed by atoms with Crippen LogP contribution in [0.3, 0.4) is 0 Å². The van der Waals surface area contributed by atoms with E-state index in [1.165, 1.54) is 23.3 Å². The van der Waals surface area contributed by atoms with Crippen molar-refractivity contribution in [3.8, 4) is 5.75 Å². The third-order valence-corrected chi connectivity index (χ3v) is 6.86. The smallest absolute Gasteiger partial charge is 0.379 e. The van der Waals surface area contributed by atoms with Crippen LogP contribution in [0.4, 0.5) is 4.79 Å². The third kappa shape index (κ3) is 3.66. The molecule has 1 N–H and O–H groups in total. The molecule has 2 bridgehead atoms. The molecule has 2 heterocycles. The second-order valence-corrected chi connectivity index (χ2v) is 9.20. The largest absolute Gasteiger partial charge is 0.457 e. The lowest BCUT2D eigenvalue weighted by molar-refractivity contribution is -0.132. The van der Waals surface area contributed by atoms with Gasteiger partial charge in [0.05, 0.1) is 6.26 Å². The highest BCUT2D eigenvalue weighted by Gasteiger charge is 2.49. The summed E-state index contributed by atoms with van der Waals surface area (Å²) < 4.78 is 11.1. The summed E-state index contributed by atoms with van der Waals surface area (Å²) in [5, 5.41) is 2.29. The van der Waals surface area contributed by atoms with E-state index in [0.717, 1.165) is 25.7 Å². The fourth-order valence-electron chi connectivity index (χ4n) is 4.93. The number of carbonyl (C=O) groups excluding carboxylic acids is 4. The third-order valence-electron chi connectivity index (χ3n) is 6.36.